The minimum atomic E-state index is -0.634. The van der Waals surface area contributed by atoms with E-state index in [0.717, 1.165) is 26.2 Å². The normalized spacial score (nSPS) is 12.1. The molecule has 0 N–H and O–H groups in total. The zero-order valence-electron chi connectivity index (χ0n) is 15.7. The number of rotatable bonds is 7. The van der Waals surface area contributed by atoms with Gasteiger partial charge in [0.05, 0.1) is 21.1 Å². The number of hydrogen-bond donors (Lipinski definition) is 0. The van der Waals surface area contributed by atoms with Crippen molar-refractivity contribution in [3.63, 3.8) is 0 Å². The lowest BCUT2D eigenvalue weighted by Gasteiger charge is -2.09. The van der Waals surface area contributed by atoms with Crippen molar-refractivity contribution < 1.29 is 13.9 Å². The Morgan fingerprint density at radius 3 is 2.72 bits per heavy atom. The van der Waals surface area contributed by atoms with E-state index >= 15 is 0 Å². The van der Waals surface area contributed by atoms with Gasteiger partial charge in [0.2, 0.25) is 0 Å². The lowest BCUT2D eigenvalue weighted by molar-refractivity contribution is 0.0280. The van der Waals surface area contributed by atoms with E-state index in [-0.39, 0.29) is 5.89 Å². The van der Waals surface area contributed by atoms with Gasteiger partial charge in [0.15, 0.2) is 6.10 Å². The summed E-state index contributed by atoms with van der Waals surface area (Å²) in [7, 11) is 0. The summed E-state index contributed by atoms with van der Waals surface area (Å²) in [5.74, 6) is 1.07. The number of carbonyl (C=O) groups is 1. The number of aryl methyl sites for hydroxylation is 1. The van der Waals surface area contributed by atoms with E-state index in [1.807, 2.05) is 36.6 Å². The summed E-state index contributed by atoms with van der Waals surface area (Å²) in [6, 6.07) is 11.1. The third-order valence-electron chi connectivity index (χ3n) is 3.95. The summed E-state index contributed by atoms with van der Waals surface area (Å²) in [4.78, 5) is 18.8. The quantitative estimate of drug-likeness (QED) is 0.265. The molecule has 0 radical (unpaired) electrons. The molecule has 1 unspecified atom stereocenters. The maximum absolute atomic E-state index is 12.4. The van der Waals surface area contributed by atoms with Crippen molar-refractivity contribution in [1.82, 2.24) is 15.2 Å². The van der Waals surface area contributed by atoms with Gasteiger partial charge in [-0.25, -0.2) is 9.78 Å². The molecule has 0 saturated heterocycles. The van der Waals surface area contributed by atoms with Crippen LogP contribution in [-0.4, -0.2) is 21.2 Å². The molecule has 0 aliphatic heterocycles. The maximum atomic E-state index is 12.4. The molecule has 0 aliphatic rings. The number of thiazole rings is 1. The first-order valence-electron chi connectivity index (χ1n) is 8.80. The Bertz CT molecular complexity index is 1090. The summed E-state index contributed by atoms with van der Waals surface area (Å²) in [5.41, 5.74) is 1.54. The lowest BCUT2D eigenvalue weighted by atomic mass is 10.2. The zero-order chi connectivity index (χ0) is 20.2. The molecule has 148 valence electrons. The third kappa shape index (κ3) is 4.92. The fourth-order valence-corrected chi connectivity index (χ4v) is 4.65. The molecule has 29 heavy (non-hydrogen) atoms. The number of aromatic nitrogens is 3. The molecular formula is C20H17N3O3S3. The predicted octanol–water partition coefficient (Wildman–Crippen LogP) is 5.77. The molecule has 0 aliphatic carbocycles. The van der Waals surface area contributed by atoms with Crippen LogP contribution in [0.2, 0.25) is 0 Å². The Morgan fingerprint density at radius 2 is 2.03 bits per heavy atom. The first-order valence-corrected chi connectivity index (χ1v) is 11.5. The Balaban J connectivity index is 1.34. The molecule has 0 amide bonds. The van der Waals surface area contributed by atoms with Crippen LogP contribution in [0.5, 0.6) is 0 Å². The van der Waals surface area contributed by atoms with E-state index in [1.54, 1.807) is 42.2 Å². The fraction of sp³-hybridized carbons (Fsp3) is 0.200. The van der Waals surface area contributed by atoms with E-state index < -0.39 is 12.1 Å². The van der Waals surface area contributed by atoms with Gasteiger partial charge in [0.1, 0.15) is 0 Å². The van der Waals surface area contributed by atoms with Crippen molar-refractivity contribution in [2.24, 2.45) is 0 Å². The molecule has 0 saturated carbocycles. The van der Waals surface area contributed by atoms with Crippen molar-refractivity contribution >= 4 is 40.4 Å². The highest BCUT2D eigenvalue weighted by Gasteiger charge is 2.20. The number of benzene rings is 1. The second-order valence-electron chi connectivity index (χ2n) is 6.14. The lowest BCUT2D eigenvalue weighted by Crippen LogP contribution is -2.09. The molecule has 3 aromatic heterocycles. The van der Waals surface area contributed by atoms with Gasteiger partial charge in [-0.15, -0.1) is 44.6 Å². The van der Waals surface area contributed by atoms with Crippen molar-refractivity contribution in [3.8, 4) is 10.8 Å². The van der Waals surface area contributed by atoms with Gasteiger partial charge in [-0.1, -0.05) is 6.07 Å². The smallest absolute Gasteiger partial charge is 0.338 e. The van der Waals surface area contributed by atoms with E-state index in [1.165, 1.54) is 11.3 Å². The van der Waals surface area contributed by atoms with Gasteiger partial charge in [-0.05, 0) is 49.6 Å². The van der Waals surface area contributed by atoms with Crippen molar-refractivity contribution in [2.45, 2.75) is 30.6 Å². The SMILES string of the molecule is Cc1nc(CSc2ccc(C(=O)OC(C)c3nnc(-c4cccs4)o3)cc2)cs1. The summed E-state index contributed by atoms with van der Waals surface area (Å²) in [5, 5.41) is 13.1. The van der Waals surface area contributed by atoms with Crippen LogP contribution >= 0.6 is 34.4 Å². The molecule has 0 spiro atoms. The molecular weight excluding hydrogens is 426 g/mol. The van der Waals surface area contributed by atoms with Crippen LogP contribution in [0.25, 0.3) is 10.8 Å². The van der Waals surface area contributed by atoms with Gasteiger partial charge in [-0.3, -0.25) is 0 Å². The van der Waals surface area contributed by atoms with Crippen molar-refractivity contribution in [1.29, 1.82) is 0 Å². The summed E-state index contributed by atoms with van der Waals surface area (Å²) in [6.45, 7) is 3.71. The highest BCUT2D eigenvalue weighted by atomic mass is 32.2. The summed E-state index contributed by atoms with van der Waals surface area (Å²) >= 11 is 4.83. The molecule has 1 atom stereocenters. The average molecular weight is 444 g/mol. The minimum absolute atomic E-state index is 0.271. The number of hydrogen-bond acceptors (Lipinski definition) is 9. The van der Waals surface area contributed by atoms with Crippen molar-refractivity contribution in [3.05, 3.63) is 69.3 Å². The molecule has 1 aromatic carbocycles. The highest BCUT2D eigenvalue weighted by molar-refractivity contribution is 7.98. The summed E-state index contributed by atoms with van der Waals surface area (Å²) in [6.07, 6.45) is -0.634. The Morgan fingerprint density at radius 1 is 1.21 bits per heavy atom. The maximum Gasteiger partial charge on any atom is 0.338 e. The van der Waals surface area contributed by atoms with Crippen molar-refractivity contribution in [2.75, 3.05) is 0 Å². The number of esters is 1. The second-order valence-corrected chi connectivity index (χ2v) is 9.20. The van der Waals surface area contributed by atoms with Crippen LogP contribution in [0.1, 0.15) is 40.0 Å². The largest absolute Gasteiger partial charge is 0.449 e. The number of thioether (sulfide) groups is 1. The van der Waals surface area contributed by atoms with Crippen LogP contribution < -0.4 is 0 Å². The van der Waals surface area contributed by atoms with Crippen LogP contribution in [0.15, 0.2) is 56.5 Å². The third-order valence-corrected chi connectivity index (χ3v) is 6.67. The Hall–Kier alpha value is -2.49. The minimum Gasteiger partial charge on any atom is -0.449 e. The molecule has 4 aromatic rings. The first kappa shape index (κ1) is 19.8. The number of carbonyl (C=O) groups excluding carboxylic acids is 1. The van der Waals surface area contributed by atoms with Gasteiger partial charge < -0.3 is 9.15 Å². The number of ether oxygens (including phenoxy) is 1. The Kier molecular flexibility index (Phi) is 6.08. The van der Waals surface area contributed by atoms with Crippen LogP contribution in [0.3, 0.4) is 0 Å². The molecule has 3 heterocycles. The molecule has 9 heteroatoms. The average Bonchev–Trinajstić information content (AvgIpc) is 3.48. The molecule has 6 nitrogen and oxygen atoms in total. The number of nitrogens with zero attached hydrogens (tertiary/aromatic N) is 3. The molecule has 0 bridgehead atoms. The summed E-state index contributed by atoms with van der Waals surface area (Å²) < 4.78 is 11.1. The van der Waals surface area contributed by atoms with Crippen LogP contribution in [0, 0.1) is 6.92 Å². The van der Waals surface area contributed by atoms with E-state index in [0.29, 0.717) is 11.5 Å². The molecule has 0 fully saturated rings. The molecule has 4 rings (SSSR count). The predicted molar refractivity (Wildman–Crippen MR) is 114 cm³/mol. The van der Waals surface area contributed by atoms with Crippen LogP contribution in [0.4, 0.5) is 0 Å². The van der Waals surface area contributed by atoms with Gasteiger partial charge in [0, 0.05) is 16.0 Å². The van der Waals surface area contributed by atoms with Gasteiger partial charge in [-0.2, -0.15) is 0 Å². The second kappa shape index (κ2) is 8.89. The Labute approximate surface area is 180 Å². The standard InChI is InChI=1S/C20H17N3O3S3/c1-12(18-22-23-19(26-18)17-4-3-9-27-17)25-20(24)14-5-7-16(8-6-14)29-11-15-10-28-13(2)21-15/h3-10,12H,11H2,1-2H3. The zero-order valence-corrected chi connectivity index (χ0v) is 18.1. The van der Waals surface area contributed by atoms with Gasteiger partial charge in [0.25, 0.3) is 11.8 Å². The number of thiophene rings is 1. The monoisotopic (exact) mass is 443 g/mol. The highest BCUT2D eigenvalue weighted by Crippen LogP contribution is 2.27. The van der Waals surface area contributed by atoms with E-state index in [4.69, 9.17) is 9.15 Å². The first-order chi connectivity index (χ1) is 14.1. The van der Waals surface area contributed by atoms with E-state index in [2.05, 4.69) is 20.6 Å². The van der Waals surface area contributed by atoms with Crippen LogP contribution in [-0.2, 0) is 10.5 Å². The topological polar surface area (TPSA) is 78.1 Å². The van der Waals surface area contributed by atoms with E-state index in [9.17, 15) is 4.79 Å². The van der Waals surface area contributed by atoms with Gasteiger partial charge >= 0.3 is 5.97 Å². The fourth-order valence-electron chi connectivity index (χ4n) is 2.50.